The van der Waals surface area contributed by atoms with E-state index < -0.39 is 11.4 Å². The van der Waals surface area contributed by atoms with Crippen molar-refractivity contribution in [2.75, 3.05) is 32.8 Å². The lowest BCUT2D eigenvalue weighted by Crippen LogP contribution is -2.42. The number of hydrogen-bond donors (Lipinski definition) is 1. The standard InChI is InChI=1S/C12H21NO3.ClH/c14-11(15)12(4-1-2-5-12)10-13-6-3-8-16-9-7-13;/h1-10H2,(H,14,15);1H. The zero-order valence-corrected chi connectivity index (χ0v) is 11.0. The number of halogens is 1. The number of carboxylic acid groups (broad SMARTS) is 1. The van der Waals surface area contributed by atoms with Gasteiger partial charge in [0, 0.05) is 26.2 Å². The molecule has 0 aromatic rings. The largest absolute Gasteiger partial charge is 0.481 e. The number of carboxylic acids is 1. The first-order chi connectivity index (χ1) is 7.73. The quantitative estimate of drug-likeness (QED) is 0.843. The molecule has 2 aliphatic rings. The first-order valence-electron chi connectivity index (χ1n) is 6.26. The van der Waals surface area contributed by atoms with Gasteiger partial charge in [0.2, 0.25) is 0 Å². The van der Waals surface area contributed by atoms with Crippen LogP contribution in [0.5, 0.6) is 0 Å². The summed E-state index contributed by atoms with van der Waals surface area (Å²) in [5.41, 5.74) is -0.468. The molecule has 4 nitrogen and oxygen atoms in total. The second-order valence-corrected chi connectivity index (χ2v) is 5.03. The van der Waals surface area contributed by atoms with Crippen LogP contribution >= 0.6 is 12.4 Å². The molecule has 0 aromatic heterocycles. The van der Waals surface area contributed by atoms with Crippen LogP contribution in [0, 0.1) is 5.41 Å². The second-order valence-electron chi connectivity index (χ2n) is 5.03. The number of hydrogen-bond acceptors (Lipinski definition) is 3. The Morgan fingerprint density at radius 1 is 1.18 bits per heavy atom. The minimum Gasteiger partial charge on any atom is -0.481 e. The summed E-state index contributed by atoms with van der Waals surface area (Å²) in [4.78, 5) is 13.7. The predicted molar refractivity (Wildman–Crippen MR) is 67.7 cm³/mol. The van der Waals surface area contributed by atoms with Crippen LogP contribution in [0.15, 0.2) is 0 Å². The third-order valence-corrected chi connectivity index (χ3v) is 3.86. The molecule has 0 bridgehead atoms. The highest BCUT2D eigenvalue weighted by Gasteiger charge is 2.42. The van der Waals surface area contributed by atoms with Crippen molar-refractivity contribution in [1.82, 2.24) is 4.90 Å². The highest BCUT2D eigenvalue weighted by atomic mass is 35.5. The van der Waals surface area contributed by atoms with Crippen LogP contribution in [0.1, 0.15) is 32.1 Å². The van der Waals surface area contributed by atoms with Gasteiger partial charge in [-0.2, -0.15) is 0 Å². The molecule has 0 unspecified atom stereocenters. The molecule has 1 saturated heterocycles. The van der Waals surface area contributed by atoms with Gasteiger partial charge in [0.1, 0.15) is 0 Å². The summed E-state index contributed by atoms with van der Waals surface area (Å²) < 4.78 is 5.39. The normalized spacial score (nSPS) is 24.9. The van der Waals surface area contributed by atoms with E-state index in [-0.39, 0.29) is 12.4 Å². The Kier molecular flexibility index (Phi) is 5.70. The topological polar surface area (TPSA) is 49.8 Å². The summed E-state index contributed by atoms with van der Waals surface area (Å²) in [6.07, 6.45) is 4.85. The van der Waals surface area contributed by atoms with Crippen molar-refractivity contribution < 1.29 is 14.6 Å². The molecule has 2 rings (SSSR count). The average molecular weight is 264 g/mol. The third kappa shape index (κ3) is 3.57. The number of aliphatic carboxylic acids is 1. The third-order valence-electron chi connectivity index (χ3n) is 3.86. The molecule has 0 amide bonds. The number of rotatable bonds is 3. The van der Waals surface area contributed by atoms with Crippen molar-refractivity contribution in [2.45, 2.75) is 32.1 Å². The second kappa shape index (κ2) is 6.57. The van der Waals surface area contributed by atoms with Crippen LogP contribution in [-0.4, -0.2) is 48.8 Å². The number of carbonyl (C=O) groups is 1. The fraction of sp³-hybridized carbons (Fsp3) is 0.917. The van der Waals surface area contributed by atoms with Crippen molar-refractivity contribution in [2.24, 2.45) is 5.41 Å². The molecule has 0 atom stereocenters. The maximum absolute atomic E-state index is 11.4. The molecule has 0 aromatic carbocycles. The fourth-order valence-corrected chi connectivity index (χ4v) is 2.88. The van der Waals surface area contributed by atoms with Crippen LogP contribution in [0.4, 0.5) is 0 Å². The average Bonchev–Trinajstić information content (AvgIpc) is 2.58. The van der Waals surface area contributed by atoms with Crippen LogP contribution in [-0.2, 0) is 9.53 Å². The maximum Gasteiger partial charge on any atom is 0.310 e. The van der Waals surface area contributed by atoms with Gasteiger partial charge in [0.05, 0.1) is 12.0 Å². The van der Waals surface area contributed by atoms with Gasteiger partial charge in [-0.05, 0) is 19.3 Å². The highest BCUT2D eigenvalue weighted by Crippen LogP contribution is 2.39. The van der Waals surface area contributed by atoms with Crippen LogP contribution < -0.4 is 0 Å². The Labute approximate surface area is 109 Å². The molecule has 1 N–H and O–H groups in total. The van der Waals surface area contributed by atoms with Gasteiger partial charge >= 0.3 is 5.97 Å². The summed E-state index contributed by atoms with van der Waals surface area (Å²) in [6.45, 7) is 4.14. The van der Waals surface area contributed by atoms with Crippen molar-refractivity contribution in [3.05, 3.63) is 0 Å². The summed E-state index contributed by atoms with van der Waals surface area (Å²) in [7, 11) is 0. The van der Waals surface area contributed by atoms with Gasteiger partial charge in [0.15, 0.2) is 0 Å². The Hall–Kier alpha value is -0.320. The van der Waals surface area contributed by atoms with Crippen LogP contribution in [0.25, 0.3) is 0 Å². The van der Waals surface area contributed by atoms with E-state index in [9.17, 15) is 9.90 Å². The molecule has 17 heavy (non-hydrogen) atoms. The Morgan fingerprint density at radius 3 is 2.53 bits per heavy atom. The van der Waals surface area contributed by atoms with E-state index in [2.05, 4.69) is 4.90 Å². The molecule has 100 valence electrons. The first-order valence-corrected chi connectivity index (χ1v) is 6.26. The first kappa shape index (κ1) is 14.7. The van der Waals surface area contributed by atoms with Crippen molar-refractivity contribution in [3.63, 3.8) is 0 Å². The van der Waals surface area contributed by atoms with Crippen molar-refractivity contribution in [1.29, 1.82) is 0 Å². The molecule has 0 spiro atoms. The molecule has 1 heterocycles. The maximum atomic E-state index is 11.4. The molecule has 1 saturated carbocycles. The highest BCUT2D eigenvalue weighted by molar-refractivity contribution is 5.85. The molecule has 2 fully saturated rings. The van der Waals surface area contributed by atoms with Gasteiger partial charge in [-0.25, -0.2) is 0 Å². The molecule has 1 aliphatic carbocycles. The number of nitrogens with zero attached hydrogens (tertiary/aromatic N) is 1. The van der Waals surface area contributed by atoms with Gasteiger partial charge in [0.25, 0.3) is 0 Å². The molecule has 0 radical (unpaired) electrons. The smallest absolute Gasteiger partial charge is 0.310 e. The molecular weight excluding hydrogens is 242 g/mol. The van der Waals surface area contributed by atoms with E-state index >= 15 is 0 Å². The van der Waals surface area contributed by atoms with Crippen molar-refractivity contribution >= 4 is 18.4 Å². The lowest BCUT2D eigenvalue weighted by atomic mass is 9.85. The monoisotopic (exact) mass is 263 g/mol. The van der Waals surface area contributed by atoms with E-state index in [1.165, 1.54) is 0 Å². The predicted octanol–water partition coefficient (Wildman–Crippen LogP) is 1.78. The zero-order valence-electron chi connectivity index (χ0n) is 10.2. The van der Waals surface area contributed by atoms with Crippen LogP contribution in [0.3, 0.4) is 0 Å². The summed E-state index contributed by atoms with van der Waals surface area (Å²) >= 11 is 0. The Morgan fingerprint density at radius 2 is 1.88 bits per heavy atom. The van der Waals surface area contributed by atoms with E-state index in [1.54, 1.807) is 0 Å². The van der Waals surface area contributed by atoms with Crippen molar-refractivity contribution in [3.8, 4) is 0 Å². The van der Waals surface area contributed by atoms with Gasteiger partial charge in [-0.3, -0.25) is 9.69 Å². The fourth-order valence-electron chi connectivity index (χ4n) is 2.88. The Balaban J connectivity index is 0.00000144. The summed E-state index contributed by atoms with van der Waals surface area (Å²) in [5, 5.41) is 9.41. The van der Waals surface area contributed by atoms with E-state index in [1.807, 2.05) is 0 Å². The molecule has 5 heteroatoms. The summed E-state index contributed by atoms with van der Waals surface area (Å²) in [5.74, 6) is -0.602. The van der Waals surface area contributed by atoms with Gasteiger partial charge < -0.3 is 9.84 Å². The molecular formula is C12H22ClNO3. The lowest BCUT2D eigenvalue weighted by Gasteiger charge is -2.31. The zero-order chi connectivity index (χ0) is 11.4. The minimum atomic E-state index is -0.602. The van der Waals surface area contributed by atoms with Gasteiger partial charge in [-0.15, -0.1) is 12.4 Å². The van der Waals surface area contributed by atoms with Crippen LogP contribution in [0.2, 0.25) is 0 Å². The van der Waals surface area contributed by atoms with Gasteiger partial charge in [-0.1, -0.05) is 12.8 Å². The van der Waals surface area contributed by atoms with E-state index in [0.717, 1.165) is 58.4 Å². The van der Waals surface area contributed by atoms with E-state index in [0.29, 0.717) is 6.54 Å². The minimum absolute atomic E-state index is 0. The lowest BCUT2D eigenvalue weighted by molar-refractivity contribution is -0.149. The van der Waals surface area contributed by atoms with E-state index in [4.69, 9.17) is 4.74 Å². The Bertz CT molecular complexity index is 246. The molecule has 1 aliphatic heterocycles. The number of ether oxygens (including phenoxy) is 1. The SMILES string of the molecule is Cl.O=C(O)C1(CN2CCCOCC2)CCCC1. The summed E-state index contributed by atoms with van der Waals surface area (Å²) in [6, 6.07) is 0.